The molecule has 1 aromatic heterocycles. The molecule has 0 bridgehead atoms. The highest BCUT2D eigenvalue weighted by Gasteiger charge is 2.30. The van der Waals surface area contributed by atoms with Crippen molar-refractivity contribution in [1.82, 2.24) is 9.88 Å². The molecule has 0 aliphatic carbocycles. The Morgan fingerprint density at radius 3 is 2.86 bits per heavy atom. The minimum absolute atomic E-state index is 0.0318. The van der Waals surface area contributed by atoms with E-state index in [9.17, 15) is 4.79 Å². The van der Waals surface area contributed by atoms with Gasteiger partial charge in [0, 0.05) is 12.6 Å². The highest BCUT2D eigenvalue weighted by molar-refractivity contribution is 9.10. The summed E-state index contributed by atoms with van der Waals surface area (Å²) < 4.78 is 12.0. The van der Waals surface area contributed by atoms with E-state index in [4.69, 9.17) is 9.47 Å². The summed E-state index contributed by atoms with van der Waals surface area (Å²) in [5.41, 5.74) is -0.480. The zero-order valence-corrected chi connectivity index (χ0v) is 14.9. The van der Waals surface area contributed by atoms with Gasteiger partial charge in [0.05, 0.1) is 6.04 Å². The van der Waals surface area contributed by atoms with Gasteiger partial charge in [-0.2, -0.15) is 0 Å². The minimum Gasteiger partial charge on any atom is -0.475 e. The Balaban J connectivity index is 1.96. The molecule has 0 spiro atoms. The van der Waals surface area contributed by atoms with Crippen molar-refractivity contribution in [3.63, 3.8) is 0 Å². The zero-order chi connectivity index (χ0) is 16.2. The average Bonchev–Trinajstić information content (AvgIpc) is 2.44. The number of pyridine rings is 1. The lowest BCUT2D eigenvalue weighted by Gasteiger charge is -2.36. The number of hydrogen-bond donors (Lipinski definition) is 0. The molecule has 1 atom stereocenters. The Kier molecular flexibility index (Phi) is 5.67. The maximum absolute atomic E-state index is 12.3. The molecule has 6 heteroatoms. The minimum atomic E-state index is -0.480. The normalized spacial score (nSPS) is 18.9. The average molecular weight is 371 g/mol. The second-order valence-corrected chi connectivity index (χ2v) is 7.25. The van der Waals surface area contributed by atoms with Crippen molar-refractivity contribution in [3.05, 3.63) is 22.8 Å². The van der Waals surface area contributed by atoms with E-state index in [1.54, 1.807) is 4.90 Å². The molecule has 0 aromatic carbocycles. The van der Waals surface area contributed by atoms with Gasteiger partial charge in [0.1, 0.15) is 16.8 Å². The Hall–Kier alpha value is -1.30. The lowest BCUT2D eigenvalue weighted by molar-refractivity contribution is 0.00334. The number of nitrogens with zero attached hydrogens (tertiary/aromatic N) is 2. The summed E-state index contributed by atoms with van der Waals surface area (Å²) in [6.45, 7) is 6.79. The highest BCUT2D eigenvalue weighted by Crippen LogP contribution is 2.21. The van der Waals surface area contributed by atoms with E-state index in [-0.39, 0.29) is 12.1 Å². The van der Waals surface area contributed by atoms with Gasteiger partial charge in [-0.1, -0.05) is 6.07 Å². The molecule has 1 fully saturated rings. The van der Waals surface area contributed by atoms with Crippen molar-refractivity contribution in [1.29, 1.82) is 0 Å². The maximum Gasteiger partial charge on any atom is 0.410 e. The zero-order valence-electron chi connectivity index (χ0n) is 13.3. The van der Waals surface area contributed by atoms with E-state index < -0.39 is 5.60 Å². The number of hydrogen-bond acceptors (Lipinski definition) is 4. The van der Waals surface area contributed by atoms with Crippen LogP contribution in [0.3, 0.4) is 0 Å². The number of rotatable bonds is 3. The van der Waals surface area contributed by atoms with E-state index in [0.717, 1.165) is 30.4 Å². The van der Waals surface area contributed by atoms with E-state index in [1.807, 2.05) is 39.0 Å². The largest absolute Gasteiger partial charge is 0.475 e. The summed E-state index contributed by atoms with van der Waals surface area (Å²) in [6.07, 6.45) is 2.76. The number of carbonyl (C=O) groups is 1. The van der Waals surface area contributed by atoms with Crippen molar-refractivity contribution in [2.45, 2.75) is 51.7 Å². The Morgan fingerprint density at radius 1 is 1.41 bits per heavy atom. The molecule has 1 saturated heterocycles. The number of aromatic nitrogens is 1. The van der Waals surface area contributed by atoms with E-state index in [0.29, 0.717) is 12.5 Å². The van der Waals surface area contributed by atoms with Crippen LogP contribution in [0.2, 0.25) is 0 Å². The summed E-state index contributed by atoms with van der Waals surface area (Å²) in [7, 11) is 0. The van der Waals surface area contributed by atoms with Crippen LogP contribution in [0.25, 0.3) is 0 Å². The monoisotopic (exact) mass is 370 g/mol. The van der Waals surface area contributed by atoms with Crippen molar-refractivity contribution >= 4 is 22.0 Å². The van der Waals surface area contributed by atoms with Crippen molar-refractivity contribution in [2.75, 3.05) is 13.2 Å². The van der Waals surface area contributed by atoms with Crippen molar-refractivity contribution in [2.24, 2.45) is 0 Å². The standard InChI is InChI=1S/C16H23BrN2O3/c1-16(2,3)22-15(20)19-10-5-4-7-12(19)11-21-14-9-6-8-13(17)18-14/h6,8-9,12H,4-5,7,10-11H2,1-3H3/t12-/m1/s1. The van der Waals surface area contributed by atoms with Gasteiger partial charge in [-0.25, -0.2) is 9.78 Å². The molecular weight excluding hydrogens is 348 g/mol. The first-order valence-corrected chi connectivity index (χ1v) is 8.39. The molecule has 1 aliphatic rings. The number of piperidine rings is 1. The van der Waals surface area contributed by atoms with Gasteiger partial charge in [-0.15, -0.1) is 0 Å². The molecule has 5 nitrogen and oxygen atoms in total. The first-order chi connectivity index (χ1) is 10.3. The van der Waals surface area contributed by atoms with Gasteiger partial charge in [0.2, 0.25) is 5.88 Å². The number of ether oxygens (including phenoxy) is 2. The van der Waals surface area contributed by atoms with Crippen LogP contribution in [0.4, 0.5) is 4.79 Å². The van der Waals surface area contributed by atoms with Crippen LogP contribution in [-0.2, 0) is 4.74 Å². The molecule has 2 heterocycles. The molecule has 22 heavy (non-hydrogen) atoms. The van der Waals surface area contributed by atoms with Gasteiger partial charge in [-0.05, 0) is 62.0 Å². The smallest absolute Gasteiger partial charge is 0.410 e. The number of carbonyl (C=O) groups excluding carboxylic acids is 1. The Bertz CT molecular complexity index is 516. The topological polar surface area (TPSA) is 51.7 Å². The lowest BCUT2D eigenvalue weighted by atomic mass is 10.0. The molecule has 1 aromatic rings. The van der Waals surface area contributed by atoms with Crippen LogP contribution in [0.15, 0.2) is 22.8 Å². The van der Waals surface area contributed by atoms with Crippen LogP contribution in [-0.4, -0.2) is 40.8 Å². The second kappa shape index (κ2) is 7.31. The third-order valence-corrected chi connectivity index (χ3v) is 3.81. The fraction of sp³-hybridized carbons (Fsp3) is 0.625. The van der Waals surface area contributed by atoms with Gasteiger partial charge in [-0.3, -0.25) is 0 Å². The van der Waals surface area contributed by atoms with E-state index >= 15 is 0 Å². The first-order valence-electron chi connectivity index (χ1n) is 7.60. The molecule has 0 radical (unpaired) electrons. The van der Waals surface area contributed by atoms with Crippen LogP contribution >= 0.6 is 15.9 Å². The van der Waals surface area contributed by atoms with Gasteiger partial charge < -0.3 is 14.4 Å². The number of halogens is 1. The third-order valence-electron chi connectivity index (χ3n) is 3.37. The number of likely N-dealkylation sites (tertiary alicyclic amines) is 1. The summed E-state index contributed by atoms with van der Waals surface area (Å²) in [5.74, 6) is 0.559. The predicted molar refractivity (Wildman–Crippen MR) is 88.0 cm³/mol. The van der Waals surface area contributed by atoms with Crippen LogP contribution in [0.1, 0.15) is 40.0 Å². The van der Waals surface area contributed by atoms with Gasteiger partial charge in [0.15, 0.2) is 0 Å². The quantitative estimate of drug-likeness (QED) is 0.754. The van der Waals surface area contributed by atoms with Crippen molar-refractivity contribution in [3.8, 4) is 5.88 Å². The first kappa shape index (κ1) is 17.1. The summed E-state index contributed by atoms with van der Waals surface area (Å²) >= 11 is 3.32. The molecule has 2 rings (SSSR count). The Morgan fingerprint density at radius 2 is 2.18 bits per heavy atom. The maximum atomic E-state index is 12.3. The predicted octanol–water partition coefficient (Wildman–Crippen LogP) is 4.01. The Labute approximate surface area is 140 Å². The fourth-order valence-electron chi connectivity index (χ4n) is 2.39. The van der Waals surface area contributed by atoms with Crippen LogP contribution < -0.4 is 4.74 Å². The molecule has 0 saturated carbocycles. The fourth-order valence-corrected chi connectivity index (χ4v) is 2.71. The molecule has 0 unspecified atom stereocenters. The number of amides is 1. The highest BCUT2D eigenvalue weighted by atomic mass is 79.9. The van der Waals surface area contributed by atoms with Crippen LogP contribution in [0, 0.1) is 0 Å². The summed E-state index contributed by atoms with van der Waals surface area (Å²) in [6, 6.07) is 5.56. The lowest BCUT2D eigenvalue weighted by Crippen LogP contribution is -2.48. The molecule has 1 aliphatic heterocycles. The summed E-state index contributed by atoms with van der Waals surface area (Å²) in [5, 5.41) is 0. The summed E-state index contributed by atoms with van der Waals surface area (Å²) in [4.78, 5) is 18.3. The van der Waals surface area contributed by atoms with E-state index in [2.05, 4.69) is 20.9 Å². The molecule has 1 amide bonds. The molecule has 0 N–H and O–H groups in total. The second-order valence-electron chi connectivity index (χ2n) is 6.43. The SMILES string of the molecule is CC(C)(C)OC(=O)N1CCCC[C@@H]1COc1cccc(Br)n1. The molecule has 122 valence electrons. The molecular formula is C16H23BrN2O3. The van der Waals surface area contributed by atoms with E-state index in [1.165, 1.54) is 0 Å². The van der Waals surface area contributed by atoms with Crippen molar-refractivity contribution < 1.29 is 14.3 Å². The van der Waals surface area contributed by atoms with Crippen LogP contribution in [0.5, 0.6) is 5.88 Å². The van der Waals surface area contributed by atoms with Gasteiger partial charge >= 0.3 is 6.09 Å². The third kappa shape index (κ3) is 5.16. The van der Waals surface area contributed by atoms with Gasteiger partial charge in [0.25, 0.3) is 0 Å².